The SMILES string of the molecule is C[Si]1(C)P(c2ccccc2)C(c2ccccc2)=C(c2ccccc2)P1c1ccccc1. The number of hydrogen-bond acceptors (Lipinski definition) is 0. The van der Waals surface area contributed by atoms with Gasteiger partial charge in [0, 0.05) is 0 Å². The van der Waals surface area contributed by atoms with Gasteiger partial charge in [0.05, 0.1) is 0 Å². The van der Waals surface area contributed by atoms with Gasteiger partial charge in [-0.05, 0) is 32.4 Å². The highest BCUT2D eigenvalue weighted by molar-refractivity contribution is 8.37. The van der Waals surface area contributed by atoms with E-state index in [0.29, 0.717) is 0 Å². The Kier molecular flexibility index (Phi) is 5.76. The molecule has 31 heavy (non-hydrogen) atoms. The van der Waals surface area contributed by atoms with Crippen LogP contribution in [0.25, 0.3) is 10.6 Å². The number of rotatable bonds is 4. The molecule has 4 aromatic carbocycles. The topological polar surface area (TPSA) is 0 Å². The highest BCUT2D eigenvalue weighted by Crippen LogP contribution is 2.81. The lowest BCUT2D eigenvalue weighted by Gasteiger charge is -2.34. The summed E-state index contributed by atoms with van der Waals surface area (Å²) in [6, 6.07) is 45.0. The lowest BCUT2D eigenvalue weighted by molar-refractivity contribution is 1.63. The van der Waals surface area contributed by atoms with Crippen molar-refractivity contribution in [1.29, 1.82) is 0 Å². The van der Waals surface area contributed by atoms with Crippen LogP contribution in [0.2, 0.25) is 13.1 Å². The van der Waals surface area contributed by atoms with Gasteiger partial charge >= 0.3 is 0 Å². The van der Waals surface area contributed by atoms with Crippen LogP contribution >= 0.6 is 14.9 Å². The van der Waals surface area contributed by atoms with Gasteiger partial charge < -0.3 is 0 Å². The first-order valence-electron chi connectivity index (χ1n) is 10.7. The van der Waals surface area contributed by atoms with Crippen molar-refractivity contribution < 1.29 is 0 Å². The number of benzene rings is 4. The molecular formula is C28H26P2Si. The minimum absolute atomic E-state index is 0.402. The smallest absolute Gasteiger partial charge is 0.0622 e. The standard InChI is InChI=1S/C28H26P2Si/c1-31(2)29(25-19-11-5-12-20-25)27(23-15-7-3-8-16-23)28(24-17-9-4-10-18-24)30(31)26-21-13-6-14-22-26/h3-22H,1-2H3. The summed E-state index contributed by atoms with van der Waals surface area (Å²) in [5, 5.41) is 6.28. The van der Waals surface area contributed by atoms with Crippen molar-refractivity contribution in [2.24, 2.45) is 0 Å². The molecule has 0 aromatic heterocycles. The quantitative estimate of drug-likeness (QED) is 0.219. The van der Waals surface area contributed by atoms with Crippen LogP contribution in [0, 0.1) is 0 Å². The van der Waals surface area contributed by atoms with Crippen molar-refractivity contribution in [3.8, 4) is 0 Å². The Morgan fingerprint density at radius 3 is 1.03 bits per heavy atom. The van der Waals surface area contributed by atoms with Crippen molar-refractivity contribution >= 4 is 43.6 Å². The van der Waals surface area contributed by atoms with E-state index in [1.165, 1.54) is 21.7 Å². The first kappa shape index (κ1) is 20.6. The summed E-state index contributed by atoms with van der Waals surface area (Å²) in [6.45, 7) is 5.28. The van der Waals surface area contributed by atoms with Gasteiger partial charge in [0.15, 0.2) is 0 Å². The predicted molar refractivity (Wildman–Crippen MR) is 143 cm³/mol. The summed E-state index contributed by atoms with van der Waals surface area (Å²) >= 11 is 0. The summed E-state index contributed by atoms with van der Waals surface area (Å²) in [4.78, 5) is 0. The highest BCUT2D eigenvalue weighted by Gasteiger charge is 2.51. The van der Waals surface area contributed by atoms with E-state index in [1.807, 2.05) is 0 Å². The molecule has 1 aliphatic rings. The van der Waals surface area contributed by atoms with Gasteiger partial charge in [0.2, 0.25) is 0 Å². The van der Waals surface area contributed by atoms with Crippen LogP contribution in [-0.2, 0) is 0 Å². The minimum Gasteiger partial charge on any atom is -0.0622 e. The average Bonchev–Trinajstić information content (AvgIpc) is 3.08. The molecule has 0 spiro atoms. The van der Waals surface area contributed by atoms with Crippen LogP contribution in [0.4, 0.5) is 0 Å². The van der Waals surface area contributed by atoms with Crippen molar-refractivity contribution in [3.05, 3.63) is 132 Å². The number of hydrogen-bond donors (Lipinski definition) is 0. The third-order valence-corrected chi connectivity index (χ3v) is 24.8. The molecule has 152 valence electrons. The van der Waals surface area contributed by atoms with E-state index < -0.39 is 22.3 Å². The second-order valence-corrected chi connectivity index (χ2v) is 25.0. The van der Waals surface area contributed by atoms with Crippen LogP contribution in [0.1, 0.15) is 11.1 Å². The Balaban J connectivity index is 1.86. The van der Waals surface area contributed by atoms with Crippen molar-refractivity contribution in [2.75, 3.05) is 0 Å². The predicted octanol–water partition coefficient (Wildman–Crippen LogP) is 7.84. The van der Waals surface area contributed by atoms with Crippen LogP contribution in [0.5, 0.6) is 0 Å². The maximum atomic E-state index is 2.64. The maximum absolute atomic E-state index is 2.64. The van der Waals surface area contributed by atoms with E-state index >= 15 is 0 Å². The van der Waals surface area contributed by atoms with Gasteiger partial charge in [-0.15, -0.1) is 0 Å². The molecule has 2 atom stereocenters. The Morgan fingerprint density at radius 1 is 0.419 bits per heavy atom. The van der Waals surface area contributed by atoms with Crippen LogP contribution in [0.15, 0.2) is 121 Å². The third kappa shape index (κ3) is 3.77. The van der Waals surface area contributed by atoms with E-state index in [9.17, 15) is 0 Å². The van der Waals surface area contributed by atoms with Gasteiger partial charge in [-0.3, -0.25) is 0 Å². The van der Waals surface area contributed by atoms with Crippen molar-refractivity contribution in [1.82, 2.24) is 0 Å². The normalized spacial score (nSPS) is 20.1. The molecule has 0 saturated carbocycles. The molecule has 0 fully saturated rings. The molecule has 0 amide bonds. The Labute approximate surface area is 188 Å². The molecule has 0 N–H and O–H groups in total. The first-order valence-corrected chi connectivity index (χ1v) is 18.1. The van der Waals surface area contributed by atoms with E-state index in [-0.39, 0.29) is 0 Å². The zero-order valence-electron chi connectivity index (χ0n) is 17.9. The fourth-order valence-corrected chi connectivity index (χ4v) is 27.0. The highest BCUT2D eigenvalue weighted by atomic mass is 31.7. The average molecular weight is 453 g/mol. The molecule has 0 aliphatic carbocycles. The van der Waals surface area contributed by atoms with E-state index in [0.717, 1.165) is 0 Å². The molecule has 0 radical (unpaired) electrons. The lowest BCUT2D eigenvalue weighted by atomic mass is 10.1. The fraction of sp³-hybridized carbons (Fsp3) is 0.0714. The molecule has 4 aromatic rings. The summed E-state index contributed by atoms with van der Waals surface area (Å²) in [5.41, 5.74) is 2.80. The summed E-state index contributed by atoms with van der Waals surface area (Å²) in [5.74, 6) is 0. The molecule has 1 heterocycles. The van der Waals surface area contributed by atoms with E-state index in [4.69, 9.17) is 0 Å². The monoisotopic (exact) mass is 452 g/mol. The van der Waals surface area contributed by atoms with Gasteiger partial charge in [-0.2, -0.15) is 0 Å². The Hall–Kier alpha value is -2.30. The lowest BCUT2D eigenvalue weighted by Crippen LogP contribution is -2.27. The Bertz CT molecular complexity index is 1090. The zero-order chi connectivity index (χ0) is 21.3. The zero-order valence-corrected chi connectivity index (χ0v) is 20.7. The van der Waals surface area contributed by atoms with Crippen molar-refractivity contribution in [2.45, 2.75) is 13.1 Å². The van der Waals surface area contributed by atoms with Crippen LogP contribution < -0.4 is 10.6 Å². The van der Waals surface area contributed by atoms with Crippen LogP contribution in [0.3, 0.4) is 0 Å². The van der Waals surface area contributed by atoms with Crippen LogP contribution in [-0.4, -0.2) is 7.41 Å². The molecule has 0 saturated heterocycles. The minimum atomic E-state index is -1.72. The molecule has 1 aliphatic heterocycles. The first-order chi connectivity index (χ1) is 15.2. The summed E-state index contributed by atoms with van der Waals surface area (Å²) in [6.07, 6.45) is 0. The summed E-state index contributed by atoms with van der Waals surface area (Å²) in [7, 11) is -2.52. The van der Waals surface area contributed by atoms with Crippen molar-refractivity contribution in [3.63, 3.8) is 0 Å². The molecular weight excluding hydrogens is 426 g/mol. The molecule has 0 bridgehead atoms. The molecule has 3 heteroatoms. The van der Waals surface area contributed by atoms with E-state index in [2.05, 4.69) is 134 Å². The summed E-state index contributed by atoms with van der Waals surface area (Å²) < 4.78 is 0. The maximum Gasteiger partial charge on any atom is 0.122 e. The molecule has 0 nitrogen and oxygen atoms in total. The molecule has 2 unspecified atom stereocenters. The van der Waals surface area contributed by atoms with Gasteiger partial charge in [0.1, 0.15) is 7.41 Å². The second-order valence-electron chi connectivity index (χ2n) is 8.27. The second kappa shape index (κ2) is 8.68. The Morgan fingerprint density at radius 2 is 0.710 bits per heavy atom. The molecule has 5 rings (SSSR count). The third-order valence-electron chi connectivity index (χ3n) is 5.89. The largest absolute Gasteiger partial charge is 0.122 e. The van der Waals surface area contributed by atoms with Gasteiger partial charge in [0.25, 0.3) is 0 Å². The van der Waals surface area contributed by atoms with Gasteiger partial charge in [-0.1, -0.05) is 149 Å². The van der Waals surface area contributed by atoms with Gasteiger partial charge in [-0.25, -0.2) is 0 Å². The fourth-order valence-electron chi connectivity index (χ4n) is 4.63. The van der Waals surface area contributed by atoms with E-state index in [1.54, 1.807) is 10.6 Å².